The minimum absolute atomic E-state index is 0. The van der Waals surface area contributed by atoms with Gasteiger partial charge in [0.2, 0.25) is 11.6 Å². The third-order valence-corrected chi connectivity index (χ3v) is 19.6. The van der Waals surface area contributed by atoms with Crippen LogP contribution in [0.5, 0.6) is 0 Å². The summed E-state index contributed by atoms with van der Waals surface area (Å²) in [5.41, 5.74) is 10.1. The Morgan fingerprint density at radius 2 is 0.969 bits per heavy atom. The fourth-order valence-electron chi connectivity index (χ4n) is 17.8. The molecule has 64 heavy (non-hydrogen) atoms. The predicted molar refractivity (Wildman–Crippen MR) is 236 cm³/mol. The lowest BCUT2D eigenvalue weighted by atomic mass is 9.52. The third kappa shape index (κ3) is 4.73. The number of Topliss-reactive ketones (excluding diaryl/α,β-unsaturated/α-hetero) is 2. The van der Waals surface area contributed by atoms with E-state index in [1.807, 2.05) is 60.7 Å². The summed E-state index contributed by atoms with van der Waals surface area (Å²) in [5, 5.41) is 0. The number of ketones is 2. The normalized spacial score (nSPS) is 41.1. The summed E-state index contributed by atoms with van der Waals surface area (Å²) in [6, 6.07) is 40.0. The summed E-state index contributed by atoms with van der Waals surface area (Å²) in [6.07, 6.45) is 8.98. The van der Waals surface area contributed by atoms with Crippen molar-refractivity contribution >= 4 is 22.9 Å². The zero-order chi connectivity index (χ0) is 40.7. The molecule has 0 N–H and O–H groups in total. The van der Waals surface area contributed by atoms with E-state index in [0.29, 0.717) is 50.2 Å². The van der Waals surface area contributed by atoms with Crippen molar-refractivity contribution in [1.29, 1.82) is 0 Å². The van der Waals surface area contributed by atoms with Gasteiger partial charge in [0.05, 0.1) is 49.2 Å². The average Bonchev–Trinajstić information content (AvgIpc) is 3.93. The Hall–Kier alpha value is -3.90. The van der Waals surface area contributed by atoms with Crippen LogP contribution >= 0.6 is 0 Å². The molecule has 14 atom stereocenters. The molecule has 8 nitrogen and oxygen atoms in total. The van der Waals surface area contributed by atoms with Crippen LogP contribution in [0.1, 0.15) is 57.5 Å². The van der Waals surface area contributed by atoms with Crippen LogP contribution in [0.15, 0.2) is 132 Å². The Morgan fingerprint density at radius 1 is 0.562 bits per heavy atom. The van der Waals surface area contributed by atoms with E-state index in [0.717, 1.165) is 72.0 Å². The van der Waals surface area contributed by atoms with E-state index < -0.39 is 0 Å². The molecule has 9 heterocycles. The van der Waals surface area contributed by atoms with Crippen LogP contribution < -0.4 is 43.8 Å². The Balaban J connectivity index is 0.00000206. The molecule has 328 valence electrons. The van der Waals surface area contributed by atoms with Gasteiger partial charge in [-0.25, -0.2) is 0 Å². The van der Waals surface area contributed by atoms with Crippen molar-refractivity contribution < 1.29 is 62.0 Å². The van der Waals surface area contributed by atoms with Crippen LogP contribution in [0.3, 0.4) is 0 Å². The quantitative estimate of drug-likeness (QED) is 0.164. The summed E-state index contributed by atoms with van der Waals surface area (Å²) in [7, 11) is 0. The van der Waals surface area contributed by atoms with Crippen molar-refractivity contribution in [3.05, 3.63) is 155 Å². The van der Waals surface area contributed by atoms with Crippen LogP contribution in [-0.4, -0.2) is 110 Å². The molecule has 10 heteroatoms. The molecule has 0 amide bonds. The minimum Gasteiger partial charge on any atom is -1.00 e. The van der Waals surface area contributed by atoms with Crippen LogP contribution in [0.2, 0.25) is 0 Å². The zero-order valence-corrected chi connectivity index (χ0v) is 39.2. The number of para-hydroxylation sites is 2. The third-order valence-electron chi connectivity index (χ3n) is 19.6. The lowest BCUT2D eigenvalue weighted by Gasteiger charge is -2.65. The first-order valence-corrected chi connectivity index (χ1v) is 23.7. The standard InChI is InChI=1S/C54H54N4O4.2BrH/c59-43(33-11-3-1-4-12-33)31-57-23-21-53-39-15-7-9-17-41(39)55-49(53)47-37(27-45(53)57)35(29-57)19-25-61-51(47)56-42-18-10-8-16-40(42)54-22-24-58(32-44(60)34-13-5-2-6-14-34)30-36-20-26-62-52(55)48(50(54)56)38(36)28-46(54)58;;/h1-20,37-38,45-52H,21-32H2;2*1H/q+2;;/p-2/t37-,38-,45-,46-,47+,48+,49-,50-,51+,52+,53+,54+,57?,58?;;/m0../s1. The first kappa shape index (κ1) is 40.4. The molecule has 0 radical (unpaired) electrons. The molecule has 9 aliphatic heterocycles. The Morgan fingerprint density at radius 3 is 1.41 bits per heavy atom. The van der Waals surface area contributed by atoms with Crippen LogP contribution in [0, 0.1) is 23.7 Å². The number of anilines is 2. The molecule has 11 aliphatic rings. The van der Waals surface area contributed by atoms with Gasteiger partial charge in [0.25, 0.3) is 0 Å². The summed E-state index contributed by atoms with van der Waals surface area (Å²) in [6.45, 7) is 6.13. The number of fused-ring (bicyclic) bond motifs is 6. The topological polar surface area (TPSA) is 59.1 Å². The van der Waals surface area contributed by atoms with E-state index in [2.05, 4.69) is 70.5 Å². The number of hydrogen-bond donors (Lipinski definition) is 0. The van der Waals surface area contributed by atoms with E-state index in [9.17, 15) is 9.59 Å². The molecular weight excluding hydrogens is 928 g/mol. The molecule has 4 aromatic carbocycles. The number of quaternary nitrogens is 2. The van der Waals surface area contributed by atoms with Crippen LogP contribution in [0.25, 0.3) is 0 Å². The number of piperidine rings is 2. The molecule has 4 bridgehead atoms. The lowest BCUT2D eigenvalue weighted by molar-refractivity contribution is -0.935. The van der Waals surface area contributed by atoms with Crippen molar-refractivity contribution in [3.63, 3.8) is 0 Å². The fourth-order valence-corrected chi connectivity index (χ4v) is 17.8. The smallest absolute Gasteiger partial charge is 0.216 e. The Kier molecular flexibility index (Phi) is 8.73. The Labute approximate surface area is 396 Å². The molecule has 2 aliphatic carbocycles. The van der Waals surface area contributed by atoms with E-state index in [-0.39, 0.29) is 92.7 Å². The number of halogens is 2. The van der Waals surface area contributed by atoms with Gasteiger partial charge in [-0.2, -0.15) is 0 Å². The highest BCUT2D eigenvalue weighted by atomic mass is 79.9. The van der Waals surface area contributed by atoms with E-state index in [1.165, 1.54) is 33.6 Å². The monoisotopic (exact) mass is 980 g/mol. The number of nitrogens with zero attached hydrogens (tertiary/aromatic N) is 4. The van der Waals surface area contributed by atoms with Crippen molar-refractivity contribution in [2.45, 2.75) is 73.1 Å². The van der Waals surface area contributed by atoms with Crippen LogP contribution in [0.4, 0.5) is 11.4 Å². The van der Waals surface area contributed by atoms with Crippen molar-refractivity contribution in [2.24, 2.45) is 23.7 Å². The van der Waals surface area contributed by atoms with Gasteiger partial charge in [-0.1, -0.05) is 109 Å². The van der Waals surface area contributed by atoms with Crippen LogP contribution in [-0.2, 0) is 20.3 Å². The molecular formula is C54H54Br2N4O4. The van der Waals surface area contributed by atoms with Gasteiger partial charge < -0.3 is 62.2 Å². The first-order chi connectivity index (χ1) is 30.5. The maximum atomic E-state index is 14.5. The lowest BCUT2D eigenvalue weighted by Crippen LogP contribution is -3.00. The summed E-state index contributed by atoms with van der Waals surface area (Å²) in [5.74, 6) is 1.66. The maximum absolute atomic E-state index is 14.5. The first-order valence-electron chi connectivity index (χ1n) is 23.7. The van der Waals surface area contributed by atoms with Gasteiger partial charge in [-0.15, -0.1) is 0 Å². The van der Waals surface area contributed by atoms with E-state index in [4.69, 9.17) is 9.47 Å². The van der Waals surface area contributed by atoms with Gasteiger partial charge in [0.15, 0.2) is 0 Å². The van der Waals surface area contributed by atoms with E-state index in [1.54, 1.807) is 0 Å². The molecule has 4 aromatic rings. The van der Waals surface area contributed by atoms with Gasteiger partial charge in [0.1, 0.15) is 50.7 Å². The fraction of sp³-hybridized carbons (Fsp3) is 0.444. The van der Waals surface area contributed by atoms with Crippen molar-refractivity contribution in [2.75, 3.05) is 62.3 Å². The highest BCUT2D eigenvalue weighted by Gasteiger charge is 2.81. The minimum atomic E-state index is -0.136. The number of ether oxygens (including phenoxy) is 2. The number of carbonyl (C=O) groups excluding carboxylic acids is 2. The molecule has 2 spiro atoms. The van der Waals surface area contributed by atoms with Gasteiger partial charge in [-0.3, -0.25) is 9.59 Å². The van der Waals surface area contributed by atoms with Gasteiger partial charge >= 0.3 is 0 Å². The number of rotatable bonds is 6. The second kappa shape index (κ2) is 13.8. The second-order valence-corrected chi connectivity index (χ2v) is 21.3. The van der Waals surface area contributed by atoms with Gasteiger partial charge in [-0.05, 0) is 34.4 Å². The number of hydrogen-bond acceptors (Lipinski definition) is 6. The summed E-state index contributed by atoms with van der Waals surface area (Å²) in [4.78, 5) is 34.7. The predicted octanol–water partition coefficient (Wildman–Crippen LogP) is 1.07. The second-order valence-electron chi connectivity index (χ2n) is 21.3. The number of carbonyl (C=O) groups is 2. The summed E-state index contributed by atoms with van der Waals surface area (Å²) < 4.78 is 16.9. The SMILES string of the molecule is O=C(C[N+]12CC[C@@]34c5ccccc5N5[C@@H]6OCC=C7C[N+]8(CC(=O)c9ccccc9)CC[C@]9%10c%11ccccc%11N([C@@H]%11OCC=C(C1)[C@H](C[C@@H]32)[C@@H]%11[C@H]54)[C@H]9[C@H]6[C@H]7C[C@@H]%108)c1ccccc1.[Br-].[Br-]. The molecule has 15 rings (SSSR count). The highest BCUT2D eigenvalue weighted by molar-refractivity contribution is 5.97. The highest BCUT2D eigenvalue weighted by Crippen LogP contribution is 2.72. The Bertz CT molecular complexity index is 2510. The molecule has 2 saturated carbocycles. The summed E-state index contributed by atoms with van der Waals surface area (Å²) >= 11 is 0. The molecule has 5 saturated heterocycles. The molecule has 2 unspecified atom stereocenters. The molecule has 7 fully saturated rings. The molecule has 0 aromatic heterocycles. The maximum Gasteiger partial charge on any atom is 0.216 e. The van der Waals surface area contributed by atoms with Crippen molar-refractivity contribution in [1.82, 2.24) is 0 Å². The number of benzene rings is 4. The largest absolute Gasteiger partial charge is 1.00 e. The zero-order valence-electron chi connectivity index (χ0n) is 36.0. The average molecular weight is 983 g/mol. The van der Waals surface area contributed by atoms with Gasteiger partial charge in [0, 0.05) is 71.9 Å². The van der Waals surface area contributed by atoms with E-state index >= 15 is 0 Å². The van der Waals surface area contributed by atoms with Crippen molar-refractivity contribution in [3.8, 4) is 0 Å².